The fourth-order valence-electron chi connectivity index (χ4n) is 1.61. The standard InChI is InChI=1S/C9H15BO2/c1-2-6-3-8(10)4-7(5-11)9(6)12/h3-4,6,9,11-12H,2,5,10H2,1H3. The first kappa shape index (κ1) is 9.55. The molecule has 0 saturated heterocycles. The van der Waals surface area contributed by atoms with Gasteiger partial charge in [-0.25, -0.2) is 0 Å². The molecular weight excluding hydrogens is 151 g/mol. The van der Waals surface area contributed by atoms with Crippen LogP contribution in [0, 0.1) is 5.92 Å². The fourth-order valence-corrected chi connectivity index (χ4v) is 1.61. The molecule has 1 aliphatic carbocycles. The summed E-state index contributed by atoms with van der Waals surface area (Å²) in [7, 11) is 1.99. The fraction of sp³-hybridized carbons (Fsp3) is 0.556. The summed E-state index contributed by atoms with van der Waals surface area (Å²) < 4.78 is 0. The lowest BCUT2D eigenvalue weighted by molar-refractivity contribution is 0.143. The van der Waals surface area contributed by atoms with Crippen molar-refractivity contribution in [3.63, 3.8) is 0 Å². The van der Waals surface area contributed by atoms with Gasteiger partial charge in [-0.3, -0.25) is 0 Å². The predicted octanol–water partition coefficient (Wildman–Crippen LogP) is -0.177. The SMILES string of the molecule is BC1=CC(CC)C(O)C(CO)=C1. The third-order valence-corrected chi connectivity index (χ3v) is 2.33. The normalized spacial score (nSPS) is 29.6. The van der Waals surface area contributed by atoms with Crippen LogP contribution in [0.2, 0.25) is 0 Å². The minimum absolute atomic E-state index is 0.0388. The van der Waals surface area contributed by atoms with Crippen molar-refractivity contribution in [3.8, 4) is 0 Å². The van der Waals surface area contributed by atoms with Crippen molar-refractivity contribution in [1.29, 1.82) is 0 Å². The van der Waals surface area contributed by atoms with Crippen LogP contribution in [0.15, 0.2) is 23.2 Å². The third kappa shape index (κ3) is 1.79. The van der Waals surface area contributed by atoms with E-state index in [4.69, 9.17) is 5.11 Å². The molecule has 0 bridgehead atoms. The summed E-state index contributed by atoms with van der Waals surface area (Å²) >= 11 is 0. The zero-order valence-electron chi connectivity index (χ0n) is 7.62. The second-order valence-corrected chi connectivity index (χ2v) is 3.30. The molecule has 12 heavy (non-hydrogen) atoms. The highest BCUT2D eigenvalue weighted by Crippen LogP contribution is 2.24. The van der Waals surface area contributed by atoms with E-state index in [1.807, 2.05) is 20.8 Å². The summed E-state index contributed by atoms with van der Waals surface area (Å²) in [5.74, 6) is 0.178. The van der Waals surface area contributed by atoms with E-state index in [1.54, 1.807) is 0 Å². The van der Waals surface area contributed by atoms with Crippen molar-refractivity contribution in [2.24, 2.45) is 5.92 Å². The minimum atomic E-state index is -0.483. The molecule has 1 aliphatic rings. The molecule has 1 rings (SSSR count). The molecule has 66 valence electrons. The molecule has 0 saturated carbocycles. The highest BCUT2D eigenvalue weighted by molar-refractivity contribution is 6.23. The lowest BCUT2D eigenvalue weighted by Gasteiger charge is -2.25. The van der Waals surface area contributed by atoms with Crippen LogP contribution >= 0.6 is 0 Å². The zero-order chi connectivity index (χ0) is 9.14. The van der Waals surface area contributed by atoms with E-state index in [2.05, 4.69) is 6.08 Å². The number of aliphatic hydroxyl groups excluding tert-OH is 2. The van der Waals surface area contributed by atoms with Crippen molar-refractivity contribution in [2.45, 2.75) is 19.4 Å². The van der Waals surface area contributed by atoms with Gasteiger partial charge >= 0.3 is 0 Å². The van der Waals surface area contributed by atoms with E-state index in [0.29, 0.717) is 0 Å². The van der Waals surface area contributed by atoms with E-state index in [-0.39, 0.29) is 12.5 Å². The van der Waals surface area contributed by atoms with Crippen LogP contribution in [0.1, 0.15) is 13.3 Å². The Morgan fingerprint density at radius 1 is 1.58 bits per heavy atom. The van der Waals surface area contributed by atoms with Gasteiger partial charge in [0.2, 0.25) is 0 Å². The van der Waals surface area contributed by atoms with Gasteiger partial charge < -0.3 is 10.2 Å². The largest absolute Gasteiger partial charge is 0.392 e. The first-order valence-corrected chi connectivity index (χ1v) is 4.36. The van der Waals surface area contributed by atoms with Crippen LogP contribution in [-0.2, 0) is 0 Å². The van der Waals surface area contributed by atoms with Crippen LogP contribution in [0.25, 0.3) is 0 Å². The molecule has 3 heteroatoms. The first-order valence-electron chi connectivity index (χ1n) is 4.36. The predicted molar refractivity (Wildman–Crippen MR) is 51.6 cm³/mol. The molecule has 0 aliphatic heterocycles. The Labute approximate surface area is 74.0 Å². The monoisotopic (exact) mass is 166 g/mol. The van der Waals surface area contributed by atoms with Crippen molar-refractivity contribution in [2.75, 3.05) is 6.61 Å². The Balaban J connectivity index is 2.83. The Morgan fingerprint density at radius 2 is 2.25 bits per heavy atom. The molecule has 0 aromatic rings. The molecular formula is C9H15BO2. The Morgan fingerprint density at radius 3 is 2.75 bits per heavy atom. The van der Waals surface area contributed by atoms with Gasteiger partial charge in [-0.1, -0.05) is 24.5 Å². The molecule has 2 atom stereocenters. The van der Waals surface area contributed by atoms with Crippen LogP contribution < -0.4 is 0 Å². The Hall–Kier alpha value is -0.535. The molecule has 0 spiro atoms. The first-order chi connectivity index (χ1) is 5.69. The molecule has 2 nitrogen and oxygen atoms in total. The van der Waals surface area contributed by atoms with Gasteiger partial charge in [0.05, 0.1) is 12.7 Å². The lowest BCUT2D eigenvalue weighted by atomic mass is 9.79. The maximum absolute atomic E-state index is 9.67. The number of allylic oxidation sites excluding steroid dienone is 2. The van der Waals surface area contributed by atoms with Crippen LogP contribution in [0.4, 0.5) is 0 Å². The Kier molecular flexibility index (Phi) is 3.12. The third-order valence-electron chi connectivity index (χ3n) is 2.33. The second kappa shape index (κ2) is 3.92. The van der Waals surface area contributed by atoms with Gasteiger partial charge in [0, 0.05) is 5.92 Å². The van der Waals surface area contributed by atoms with Gasteiger partial charge in [-0.15, -0.1) is 0 Å². The van der Waals surface area contributed by atoms with Gasteiger partial charge in [-0.2, -0.15) is 0 Å². The number of hydrogen-bond donors (Lipinski definition) is 2. The zero-order valence-corrected chi connectivity index (χ0v) is 7.62. The highest BCUT2D eigenvalue weighted by atomic mass is 16.3. The van der Waals surface area contributed by atoms with E-state index in [9.17, 15) is 5.11 Å². The van der Waals surface area contributed by atoms with Crippen molar-refractivity contribution < 1.29 is 10.2 Å². The molecule has 0 aromatic carbocycles. The smallest absolute Gasteiger partial charge is 0.138 e. The van der Waals surface area contributed by atoms with E-state index >= 15 is 0 Å². The van der Waals surface area contributed by atoms with E-state index < -0.39 is 6.10 Å². The maximum atomic E-state index is 9.67. The van der Waals surface area contributed by atoms with E-state index in [0.717, 1.165) is 17.5 Å². The summed E-state index contributed by atoms with van der Waals surface area (Å²) in [6.07, 6.45) is 4.35. The summed E-state index contributed by atoms with van der Waals surface area (Å²) in [5, 5.41) is 18.6. The number of rotatable bonds is 2. The lowest BCUT2D eigenvalue weighted by Crippen LogP contribution is -2.25. The van der Waals surface area contributed by atoms with Crippen LogP contribution in [-0.4, -0.2) is 30.8 Å². The molecule has 2 unspecified atom stereocenters. The molecule has 2 N–H and O–H groups in total. The van der Waals surface area contributed by atoms with Gasteiger partial charge in [0.25, 0.3) is 0 Å². The summed E-state index contributed by atoms with van der Waals surface area (Å²) in [6.45, 7) is 2.00. The highest BCUT2D eigenvalue weighted by Gasteiger charge is 2.21. The maximum Gasteiger partial charge on any atom is 0.138 e. The van der Waals surface area contributed by atoms with E-state index in [1.165, 1.54) is 0 Å². The molecule has 0 radical (unpaired) electrons. The van der Waals surface area contributed by atoms with Crippen LogP contribution in [0.3, 0.4) is 0 Å². The van der Waals surface area contributed by atoms with Gasteiger partial charge in [0.1, 0.15) is 7.85 Å². The van der Waals surface area contributed by atoms with Gasteiger partial charge in [0.15, 0.2) is 0 Å². The van der Waals surface area contributed by atoms with Gasteiger partial charge in [-0.05, 0) is 12.0 Å². The topological polar surface area (TPSA) is 40.5 Å². The van der Waals surface area contributed by atoms with Crippen molar-refractivity contribution >= 4 is 7.85 Å². The molecule has 0 aromatic heterocycles. The summed E-state index contributed by atoms with van der Waals surface area (Å²) in [5.41, 5.74) is 1.87. The molecule has 0 fully saturated rings. The minimum Gasteiger partial charge on any atom is -0.392 e. The average molecular weight is 166 g/mol. The van der Waals surface area contributed by atoms with Crippen molar-refractivity contribution in [1.82, 2.24) is 0 Å². The second-order valence-electron chi connectivity index (χ2n) is 3.30. The average Bonchev–Trinajstić information content (AvgIpc) is 2.08. The summed E-state index contributed by atoms with van der Waals surface area (Å²) in [4.78, 5) is 0. The Bertz CT molecular complexity index is 221. The molecule has 0 amide bonds. The quantitative estimate of drug-likeness (QED) is 0.558. The number of aliphatic hydroxyl groups is 2. The molecule has 0 heterocycles. The van der Waals surface area contributed by atoms with Crippen LogP contribution in [0.5, 0.6) is 0 Å². The number of hydrogen-bond acceptors (Lipinski definition) is 2. The van der Waals surface area contributed by atoms with Crippen molar-refractivity contribution in [3.05, 3.63) is 23.2 Å². The summed E-state index contributed by atoms with van der Waals surface area (Å²) in [6, 6.07) is 0.